The number of fused-ring (bicyclic) bond motifs is 1. The van der Waals surface area contributed by atoms with Crippen molar-refractivity contribution in [1.29, 1.82) is 0 Å². The lowest BCUT2D eigenvalue weighted by molar-refractivity contribution is -0.141. The molecule has 0 aliphatic heterocycles. The number of alkyl halides is 3. The molecule has 9 heteroatoms. The summed E-state index contributed by atoms with van der Waals surface area (Å²) < 4.78 is 40.2. The van der Waals surface area contributed by atoms with Crippen LogP contribution in [0.15, 0.2) is 47.3 Å². The number of aromatic nitrogens is 3. The van der Waals surface area contributed by atoms with Gasteiger partial charge < -0.3 is 5.32 Å². The molecule has 0 aliphatic carbocycles. The average molecular weight is 385 g/mol. The first kappa shape index (κ1) is 15.5. The highest BCUT2D eigenvalue weighted by Gasteiger charge is 2.32. The van der Waals surface area contributed by atoms with Gasteiger partial charge in [-0.05, 0) is 24.3 Å². The highest BCUT2D eigenvalue weighted by atomic mass is 79.9. The van der Waals surface area contributed by atoms with Crippen molar-refractivity contribution < 1.29 is 18.0 Å². The summed E-state index contributed by atoms with van der Waals surface area (Å²) in [6, 6.07) is 5.50. The third kappa shape index (κ3) is 3.19. The summed E-state index contributed by atoms with van der Waals surface area (Å²) in [6.07, 6.45) is -0.599. The zero-order valence-corrected chi connectivity index (χ0v) is 12.9. The third-order valence-corrected chi connectivity index (χ3v) is 3.51. The number of carbonyl (C=O) groups excluding carboxylic acids is 1. The van der Waals surface area contributed by atoms with Gasteiger partial charge in [-0.3, -0.25) is 14.2 Å². The first-order valence-electron chi connectivity index (χ1n) is 6.32. The average Bonchev–Trinajstić information content (AvgIpc) is 2.89. The fourth-order valence-electron chi connectivity index (χ4n) is 1.98. The summed E-state index contributed by atoms with van der Waals surface area (Å²) in [5.74, 6) is -0.570. The summed E-state index contributed by atoms with van der Waals surface area (Å²) in [6.45, 7) is 0. The number of nitrogens with zero attached hydrogens (tertiary/aromatic N) is 3. The van der Waals surface area contributed by atoms with Crippen molar-refractivity contribution in [1.82, 2.24) is 14.4 Å². The maximum Gasteiger partial charge on any atom is 0.433 e. The molecule has 0 saturated heterocycles. The van der Waals surface area contributed by atoms with Gasteiger partial charge in [-0.1, -0.05) is 15.9 Å². The molecule has 0 fully saturated rings. The van der Waals surface area contributed by atoms with Gasteiger partial charge in [0.1, 0.15) is 17.0 Å². The van der Waals surface area contributed by atoms with Gasteiger partial charge in [0.2, 0.25) is 0 Å². The summed E-state index contributed by atoms with van der Waals surface area (Å²) in [5, 5.41) is 2.41. The van der Waals surface area contributed by atoms with E-state index in [1.165, 1.54) is 16.7 Å². The van der Waals surface area contributed by atoms with Crippen molar-refractivity contribution >= 4 is 33.2 Å². The molecule has 3 rings (SSSR count). The maximum atomic E-state index is 12.6. The number of carbonyl (C=O) groups is 1. The quantitative estimate of drug-likeness (QED) is 0.731. The molecule has 0 bridgehead atoms. The Morgan fingerprint density at radius 1 is 1.22 bits per heavy atom. The van der Waals surface area contributed by atoms with E-state index in [-0.39, 0.29) is 11.4 Å². The summed E-state index contributed by atoms with van der Waals surface area (Å²) >= 11 is 3.29. The molecule has 0 aromatic carbocycles. The summed E-state index contributed by atoms with van der Waals surface area (Å²) in [5.41, 5.74) is -0.324. The van der Waals surface area contributed by atoms with Crippen LogP contribution in [0.1, 0.15) is 16.2 Å². The van der Waals surface area contributed by atoms with Crippen LogP contribution in [0.5, 0.6) is 0 Å². The Bertz CT molecular complexity index is 891. The monoisotopic (exact) mass is 384 g/mol. The van der Waals surface area contributed by atoms with Crippen molar-refractivity contribution in [2.45, 2.75) is 6.18 Å². The SMILES string of the molecule is O=C(Nc1ccnc(C(F)(F)F)c1)c1cnc2cc(Br)ccn12. The van der Waals surface area contributed by atoms with Crippen LogP contribution < -0.4 is 5.32 Å². The van der Waals surface area contributed by atoms with E-state index in [4.69, 9.17) is 0 Å². The molecule has 3 aromatic heterocycles. The minimum Gasteiger partial charge on any atom is -0.321 e. The number of nitrogens with one attached hydrogen (secondary N) is 1. The molecule has 0 saturated carbocycles. The number of halogens is 4. The number of hydrogen-bond acceptors (Lipinski definition) is 3. The maximum absolute atomic E-state index is 12.6. The van der Waals surface area contributed by atoms with Crippen LogP contribution in [-0.4, -0.2) is 20.3 Å². The van der Waals surface area contributed by atoms with E-state index in [2.05, 4.69) is 31.2 Å². The van der Waals surface area contributed by atoms with E-state index in [1.807, 2.05) is 0 Å². The Hall–Kier alpha value is -2.42. The van der Waals surface area contributed by atoms with E-state index < -0.39 is 17.8 Å². The number of rotatable bonds is 2. The van der Waals surface area contributed by atoms with Crippen molar-refractivity contribution in [3.05, 3.63) is 58.7 Å². The van der Waals surface area contributed by atoms with Crippen LogP contribution in [0.4, 0.5) is 18.9 Å². The zero-order valence-electron chi connectivity index (χ0n) is 11.3. The Morgan fingerprint density at radius 2 is 2.00 bits per heavy atom. The Balaban J connectivity index is 1.89. The van der Waals surface area contributed by atoms with Crippen molar-refractivity contribution in [3.63, 3.8) is 0 Å². The standard InChI is InChI=1S/C14H8BrF3N4O/c15-8-2-4-22-10(7-20-12(22)5-8)13(23)21-9-1-3-19-11(6-9)14(16,17)18/h1-7H,(H,19,21,23). The van der Waals surface area contributed by atoms with Crippen LogP contribution >= 0.6 is 15.9 Å². The number of pyridine rings is 2. The largest absolute Gasteiger partial charge is 0.433 e. The molecule has 0 atom stereocenters. The van der Waals surface area contributed by atoms with Crippen LogP contribution in [0.25, 0.3) is 5.65 Å². The smallest absolute Gasteiger partial charge is 0.321 e. The van der Waals surface area contributed by atoms with Gasteiger partial charge in [0.25, 0.3) is 5.91 Å². The number of imidazole rings is 1. The normalized spacial score (nSPS) is 11.7. The topological polar surface area (TPSA) is 59.3 Å². The first-order valence-corrected chi connectivity index (χ1v) is 7.11. The number of amides is 1. The molecule has 118 valence electrons. The molecule has 23 heavy (non-hydrogen) atoms. The van der Waals surface area contributed by atoms with Gasteiger partial charge in [-0.15, -0.1) is 0 Å². The zero-order chi connectivity index (χ0) is 16.6. The molecular formula is C14H8BrF3N4O. The molecular weight excluding hydrogens is 377 g/mol. The van der Waals surface area contributed by atoms with E-state index >= 15 is 0 Å². The van der Waals surface area contributed by atoms with Gasteiger partial charge in [0, 0.05) is 22.6 Å². The fourth-order valence-corrected chi connectivity index (χ4v) is 2.31. The Morgan fingerprint density at radius 3 is 2.74 bits per heavy atom. The van der Waals surface area contributed by atoms with Crippen LogP contribution in [-0.2, 0) is 6.18 Å². The highest BCUT2D eigenvalue weighted by molar-refractivity contribution is 9.10. The molecule has 1 amide bonds. The molecule has 5 nitrogen and oxygen atoms in total. The molecule has 3 heterocycles. The Kier molecular flexibility index (Phi) is 3.80. The summed E-state index contributed by atoms with van der Waals surface area (Å²) in [4.78, 5) is 19.6. The predicted molar refractivity (Wildman–Crippen MR) is 80.1 cm³/mol. The second-order valence-corrected chi connectivity index (χ2v) is 5.51. The third-order valence-electron chi connectivity index (χ3n) is 3.02. The molecule has 1 N–H and O–H groups in total. The lowest BCUT2D eigenvalue weighted by Crippen LogP contribution is -2.15. The fraction of sp³-hybridized carbons (Fsp3) is 0.0714. The molecule has 0 spiro atoms. The van der Waals surface area contributed by atoms with Gasteiger partial charge in [-0.2, -0.15) is 13.2 Å². The molecule has 0 radical (unpaired) electrons. The van der Waals surface area contributed by atoms with Gasteiger partial charge in [0.15, 0.2) is 0 Å². The van der Waals surface area contributed by atoms with Crippen LogP contribution in [0.3, 0.4) is 0 Å². The Labute approximate surface area is 136 Å². The number of anilines is 1. The first-order chi connectivity index (χ1) is 10.8. The van der Waals surface area contributed by atoms with Crippen molar-refractivity contribution in [2.75, 3.05) is 5.32 Å². The summed E-state index contributed by atoms with van der Waals surface area (Å²) in [7, 11) is 0. The molecule has 3 aromatic rings. The van der Waals surface area contributed by atoms with Crippen molar-refractivity contribution in [3.8, 4) is 0 Å². The van der Waals surface area contributed by atoms with E-state index in [0.29, 0.717) is 5.65 Å². The van der Waals surface area contributed by atoms with E-state index in [1.54, 1.807) is 18.3 Å². The van der Waals surface area contributed by atoms with Crippen molar-refractivity contribution in [2.24, 2.45) is 0 Å². The lowest BCUT2D eigenvalue weighted by atomic mass is 10.3. The second kappa shape index (κ2) is 5.65. The van der Waals surface area contributed by atoms with Crippen LogP contribution in [0.2, 0.25) is 0 Å². The van der Waals surface area contributed by atoms with Gasteiger partial charge >= 0.3 is 6.18 Å². The van der Waals surface area contributed by atoms with E-state index in [0.717, 1.165) is 16.7 Å². The van der Waals surface area contributed by atoms with Crippen LogP contribution in [0, 0.1) is 0 Å². The molecule has 0 unspecified atom stereocenters. The highest BCUT2D eigenvalue weighted by Crippen LogP contribution is 2.28. The lowest BCUT2D eigenvalue weighted by Gasteiger charge is -2.09. The van der Waals surface area contributed by atoms with Gasteiger partial charge in [-0.25, -0.2) is 4.98 Å². The predicted octanol–water partition coefficient (Wildman–Crippen LogP) is 3.76. The van der Waals surface area contributed by atoms with Gasteiger partial charge in [0.05, 0.1) is 6.20 Å². The second-order valence-electron chi connectivity index (χ2n) is 4.60. The minimum absolute atomic E-state index is 0.00406. The molecule has 0 aliphatic rings. The number of hydrogen-bond donors (Lipinski definition) is 1. The minimum atomic E-state index is -4.57. The van der Waals surface area contributed by atoms with E-state index in [9.17, 15) is 18.0 Å².